The number of nitrogens with one attached hydrogen (secondary N) is 1. The van der Waals surface area contributed by atoms with E-state index < -0.39 is 16.1 Å². The number of hydrogen-bond acceptors (Lipinski definition) is 4. The lowest BCUT2D eigenvalue weighted by Crippen LogP contribution is -2.49. The van der Waals surface area contributed by atoms with E-state index in [1.54, 1.807) is 42.2 Å². The Morgan fingerprint density at radius 2 is 1.69 bits per heavy atom. The molecule has 0 radical (unpaired) electrons. The van der Waals surface area contributed by atoms with Gasteiger partial charge in [-0.3, -0.25) is 9.59 Å². The third kappa shape index (κ3) is 7.62. The van der Waals surface area contributed by atoms with Crippen molar-refractivity contribution in [2.24, 2.45) is 0 Å². The highest BCUT2D eigenvalue weighted by Gasteiger charge is 2.28. The van der Waals surface area contributed by atoms with E-state index in [2.05, 4.69) is 21.2 Å². The molecule has 2 aromatic carbocycles. The Morgan fingerprint density at radius 3 is 2.31 bits per heavy atom. The number of benzene rings is 2. The molecule has 0 unspecified atom stereocenters. The van der Waals surface area contributed by atoms with Crippen molar-refractivity contribution in [3.63, 3.8) is 0 Å². The summed E-state index contributed by atoms with van der Waals surface area (Å²) in [5.41, 5.74) is 0.922. The normalized spacial score (nSPS) is 15.2. The maximum atomic E-state index is 13.3. The fraction of sp³-hybridized carbons (Fsp3) is 0.462. The number of carbonyl (C=O) groups is 2. The van der Waals surface area contributed by atoms with Gasteiger partial charge in [0.15, 0.2) is 0 Å². The van der Waals surface area contributed by atoms with Crippen molar-refractivity contribution in [3.05, 3.63) is 64.6 Å². The first-order chi connectivity index (χ1) is 16.7. The maximum absolute atomic E-state index is 13.3. The zero-order valence-corrected chi connectivity index (χ0v) is 22.7. The van der Waals surface area contributed by atoms with Crippen LogP contribution in [0.4, 0.5) is 0 Å². The molecule has 190 valence electrons. The van der Waals surface area contributed by atoms with Gasteiger partial charge in [0.1, 0.15) is 6.04 Å². The van der Waals surface area contributed by atoms with Crippen molar-refractivity contribution in [1.29, 1.82) is 0 Å². The van der Waals surface area contributed by atoms with E-state index in [0.717, 1.165) is 35.7 Å². The molecule has 1 saturated carbocycles. The van der Waals surface area contributed by atoms with Gasteiger partial charge in [-0.15, -0.1) is 0 Å². The molecule has 2 aromatic rings. The van der Waals surface area contributed by atoms with E-state index in [4.69, 9.17) is 0 Å². The van der Waals surface area contributed by atoms with Crippen LogP contribution in [0.3, 0.4) is 0 Å². The van der Waals surface area contributed by atoms with Gasteiger partial charge in [-0.25, -0.2) is 12.7 Å². The Labute approximate surface area is 217 Å². The van der Waals surface area contributed by atoms with Gasteiger partial charge in [-0.2, -0.15) is 0 Å². The van der Waals surface area contributed by atoms with Crippen molar-refractivity contribution >= 4 is 37.8 Å². The summed E-state index contributed by atoms with van der Waals surface area (Å²) in [6, 6.07) is 15.5. The molecule has 0 saturated heterocycles. The van der Waals surface area contributed by atoms with Gasteiger partial charge in [0.25, 0.3) is 0 Å². The van der Waals surface area contributed by atoms with Crippen molar-refractivity contribution in [2.45, 2.75) is 69.0 Å². The second kappa shape index (κ2) is 12.6. The summed E-state index contributed by atoms with van der Waals surface area (Å²) in [4.78, 5) is 28.0. The monoisotopic (exact) mass is 563 g/mol. The molecule has 1 N–H and O–H groups in total. The van der Waals surface area contributed by atoms with Crippen LogP contribution in [0.2, 0.25) is 0 Å². The minimum absolute atomic E-state index is 0.145. The average Bonchev–Trinajstić information content (AvgIpc) is 3.36. The molecule has 0 heterocycles. The zero-order chi connectivity index (χ0) is 25.4. The number of carbonyl (C=O) groups excluding carboxylic acids is 2. The minimum atomic E-state index is -3.61. The molecule has 0 aliphatic heterocycles. The highest BCUT2D eigenvalue weighted by Crippen LogP contribution is 2.20. The van der Waals surface area contributed by atoms with Gasteiger partial charge in [0, 0.05) is 37.1 Å². The Kier molecular flexibility index (Phi) is 9.89. The van der Waals surface area contributed by atoms with Crippen LogP contribution < -0.4 is 5.32 Å². The van der Waals surface area contributed by atoms with E-state index in [1.807, 2.05) is 24.3 Å². The fourth-order valence-electron chi connectivity index (χ4n) is 4.25. The standard InChI is InChI=1S/C26H34BrN3O4S/c1-20(26(32)28-23-9-6-7-10-23)30(19-21-14-16-22(27)17-15-21)25(31)13-8-18-29(2)35(33,34)24-11-4-3-5-12-24/h3-5,11-12,14-17,20,23H,6-10,13,18-19H2,1-2H3,(H,28,32)/t20-/m0/s1. The molecule has 3 rings (SSSR count). The molecule has 1 fully saturated rings. The first-order valence-corrected chi connectivity index (χ1v) is 14.3. The van der Waals surface area contributed by atoms with Gasteiger partial charge < -0.3 is 10.2 Å². The molecule has 0 spiro atoms. The van der Waals surface area contributed by atoms with E-state index >= 15 is 0 Å². The summed E-state index contributed by atoms with van der Waals surface area (Å²) >= 11 is 3.42. The first-order valence-electron chi connectivity index (χ1n) is 12.0. The van der Waals surface area contributed by atoms with Gasteiger partial charge in [0.05, 0.1) is 4.90 Å². The fourth-order valence-corrected chi connectivity index (χ4v) is 5.74. The first kappa shape index (κ1) is 27.4. The van der Waals surface area contributed by atoms with Crippen LogP contribution in [0.1, 0.15) is 51.0 Å². The third-order valence-electron chi connectivity index (χ3n) is 6.45. The molecule has 35 heavy (non-hydrogen) atoms. The van der Waals surface area contributed by atoms with Crippen LogP contribution in [0.5, 0.6) is 0 Å². The Bertz CT molecular complexity index is 1090. The lowest BCUT2D eigenvalue weighted by molar-refractivity contribution is -0.141. The van der Waals surface area contributed by atoms with Crippen LogP contribution in [0, 0.1) is 0 Å². The van der Waals surface area contributed by atoms with Crippen molar-refractivity contribution in [3.8, 4) is 0 Å². The topological polar surface area (TPSA) is 86.8 Å². The molecular weight excluding hydrogens is 530 g/mol. The molecule has 2 amide bonds. The Hall–Kier alpha value is -2.23. The smallest absolute Gasteiger partial charge is 0.242 e. The van der Waals surface area contributed by atoms with Crippen LogP contribution in [0.25, 0.3) is 0 Å². The molecule has 0 aromatic heterocycles. The largest absolute Gasteiger partial charge is 0.352 e. The van der Waals surface area contributed by atoms with E-state index in [-0.39, 0.29) is 35.7 Å². The molecule has 9 heteroatoms. The molecule has 1 atom stereocenters. The number of rotatable bonds is 11. The van der Waals surface area contributed by atoms with E-state index in [9.17, 15) is 18.0 Å². The van der Waals surface area contributed by atoms with Gasteiger partial charge in [-0.05, 0) is 56.0 Å². The highest BCUT2D eigenvalue weighted by molar-refractivity contribution is 9.10. The molecule has 1 aliphatic rings. The van der Waals surface area contributed by atoms with E-state index in [0.29, 0.717) is 13.0 Å². The van der Waals surface area contributed by atoms with Crippen LogP contribution in [-0.2, 0) is 26.2 Å². The Balaban J connectivity index is 1.64. The van der Waals surface area contributed by atoms with Crippen LogP contribution in [-0.4, -0.2) is 55.1 Å². The number of amides is 2. The Morgan fingerprint density at radius 1 is 1.06 bits per heavy atom. The average molecular weight is 565 g/mol. The van der Waals surface area contributed by atoms with Gasteiger partial charge in [0.2, 0.25) is 21.8 Å². The second-order valence-corrected chi connectivity index (χ2v) is 12.0. The van der Waals surface area contributed by atoms with E-state index in [1.165, 1.54) is 11.4 Å². The zero-order valence-electron chi connectivity index (χ0n) is 20.3. The van der Waals surface area contributed by atoms with Crippen molar-refractivity contribution < 1.29 is 18.0 Å². The van der Waals surface area contributed by atoms with Crippen molar-refractivity contribution in [1.82, 2.24) is 14.5 Å². The van der Waals surface area contributed by atoms with Crippen LogP contribution in [0.15, 0.2) is 64.0 Å². The predicted octanol–water partition coefficient (Wildman–Crippen LogP) is 4.33. The maximum Gasteiger partial charge on any atom is 0.242 e. The lowest BCUT2D eigenvalue weighted by Gasteiger charge is -2.30. The van der Waals surface area contributed by atoms with Gasteiger partial charge >= 0.3 is 0 Å². The number of nitrogens with zero attached hydrogens (tertiary/aromatic N) is 2. The summed E-state index contributed by atoms with van der Waals surface area (Å²) in [5.74, 6) is -0.321. The lowest BCUT2D eigenvalue weighted by atomic mass is 10.1. The predicted molar refractivity (Wildman–Crippen MR) is 140 cm³/mol. The summed E-state index contributed by atoms with van der Waals surface area (Å²) in [5, 5.41) is 3.09. The number of halogens is 1. The summed E-state index contributed by atoms with van der Waals surface area (Å²) in [6.45, 7) is 2.27. The van der Waals surface area contributed by atoms with Gasteiger partial charge in [-0.1, -0.05) is 59.1 Å². The number of hydrogen-bond donors (Lipinski definition) is 1. The third-order valence-corrected chi connectivity index (χ3v) is 8.85. The summed E-state index contributed by atoms with van der Waals surface area (Å²) < 4.78 is 27.7. The highest BCUT2D eigenvalue weighted by atomic mass is 79.9. The summed E-state index contributed by atoms with van der Waals surface area (Å²) in [6.07, 6.45) is 4.67. The van der Waals surface area contributed by atoms with Crippen molar-refractivity contribution in [2.75, 3.05) is 13.6 Å². The number of sulfonamides is 1. The summed E-state index contributed by atoms with van der Waals surface area (Å²) in [7, 11) is -2.10. The van der Waals surface area contributed by atoms with Crippen LogP contribution >= 0.6 is 15.9 Å². The molecular formula is C26H34BrN3O4S. The molecule has 7 nitrogen and oxygen atoms in total. The minimum Gasteiger partial charge on any atom is -0.352 e. The molecule has 1 aliphatic carbocycles. The molecule has 0 bridgehead atoms. The SMILES string of the molecule is C[C@@H](C(=O)NC1CCCC1)N(Cc1ccc(Br)cc1)C(=O)CCCN(C)S(=O)(=O)c1ccccc1. The quantitative estimate of drug-likeness (QED) is 0.441. The second-order valence-electron chi connectivity index (χ2n) is 9.06.